The molecule has 0 bridgehead atoms. The molecule has 8 nitrogen and oxygen atoms in total. The van der Waals surface area contributed by atoms with Crippen molar-refractivity contribution in [1.29, 1.82) is 0 Å². The largest absolute Gasteiger partial charge is 0.497 e. The fraction of sp³-hybridized carbons (Fsp3) is 0.276. The van der Waals surface area contributed by atoms with Gasteiger partial charge in [0.2, 0.25) is 5.91 Å². The van der Waals surface area contributed by atoms with Crippen molar-refractivity contribution in [2.24, 2.45) is 0 Å². The number of hydrogen-bond donors (Lipinski definition) is 0. The van der Waals surface area contributed by atoms with Gasteiger partial charge in [-0.25, -0.2) is 0 Å². The van der Waals surface area contributed by atoms with Gasteiger partial charge in [0.15, 0.2) is 0 Å². The predicted octanol–water partition coefficient (Wildman–Crippen LogP) is 5.55. The maximum Gasteiger partial charge on any atom is 0.294 e. The average Bonchev–Trinajstić information content (AvgIpc) is 3.61. The first-order valence-electron chi connectivity index (χ1n) is 12.5. The molecule has 0 spiro atoms. The van der Waals surface area contributed by atoms with Gasteiger partial charge in [-0.3, -0.25) is 19.3 Å². The summed E-state index contributed by atoms with van der Waals surface area (Å²) < 4.78 is 13.2. The SMILES string of the molecule is COc1ccc(Oc2ccc(-n3c(C)cc(/C=C4\SC(=O)N(CC(=O)N5CCCC5)C4=O)c3C)cc2)cc1. The quantitative estimate of drug-likeness (QED) is 0.372. The van der Waals surface area contributed by atoms with Gasteiger partial charge in [0.05, 0.1) is 12.0 Å². The molecule has 0 atom stereocenters. The van der Waals surface area contributed by atoms with Crippen LogP contribution in [0.3, 0.4) is 0 Å². The molecule has 3 aromatic rings. The van der Waals surface area contributed by atoms with Crippen LogP contribution in [0.2, 0.25) is 0 Å². The number of rotatable bonds is 7. The van der Waals surface area contributed by atoms with Crippen LogP contribution in [0.5, 0.6) is 17.2 Å². The number of imide groups is 1. The van der Waals surface area contributed by atoms with E-state index in [1.807, 2.05) is 68.4 Å². The minimum atomic E-state index is -0.419. The number of carbonyl (C=O) groups excluding carboxylic acids is 3. The van der Waals surface area contributed by atoms with E-state index >= 15 is 0 Å². The first kappa shape index (κ1) is 25.7. The molecule has 2 saturated heterocycles. The normalized spacial score (nSPS) is 16.6. The lowest BCUT2D eigenvalue weighted by Crippen LogP contribution is -2.40. The Labute approximate surface area is 225 Å². The molecule has 1 aromatic heterocycles. The maximum absolute atomic E-state index is 13.0. The number of thioether (sulfide) groups is 1. The van der Waals surface area contributed by atoms with E-state index in [2.05, 4.69) is 4.57 Å². The van der Waals surface area contributed by atoms with E-state index < -0.39 is 11.1 Å². The van der Waals surface area contributed by atoms with E-state index in [1.165, 1.54) is 0 Å². The third kappa shape index (κ3) is 5.19. The highest BCUT2D eigenvalue weighted by atomic mass is 32.2. The Balaban J connectivity index is 1.31. The molecular weight excluding hydrogens is 502 g/mol. The fourth-order valence-electron chi connectivity index (χ4n) is 4.75. The highest BCUT2D eigenvalue weighted by molar-refractivity contribution is 8.18. The first-order valence-corrected chi connectivity index (χ1v) is 13.3. The number of carbonyl (C=O) groups is 3. The van der Waals surface area contributed by atoms with Crippen LogP contribution < -0.4 is 9.47 Å². The molecule has 9 heteroatoms. The van der Waals surface area contributed by atoms with Crippen LogP contribution in [0.15, 0.2) is 59.5 Å². The zero-order valence-electron chi connectivity index (χ0n) is 21.6. The monoisotopic (exact) mass is 531 g/mol. The Morgan fingerprint density at radius 2 is 1.55 bits per heavy atom. The molecular formula is C29H29N3O5S. The van der Waals surface area contributed by atoms with E-state index in [4.69, 9.17) is 9.47 Å². The highest BCUT2D eigenvalue weighted by Crippen LogP contribution is 2.34. The molecule has 2 fully saturated rings. The number of nitrogens with zero attached hydrogens (tertiary/aromatic N) is 3. The Kier molecular flexibility index (Phi) is 7.28. The molecule has 2 aliphatic rings. The molecule has 0 unspecified atom stereocenters. The molecule has 2 aromatic carbocycles. The third-order valence-electron chi connectivity index (χ3n) is 6.77. The van der Waals surface area contributed by atoms with E-state index in [-0.39, 0.29) is 12.5 Å². The molecule has 0 saturated carbocycles. The second-order valence-electron chi connectivity index (χ2n) is 9.29. The van der Waals surface area contributed by atoms with E-state index in [0.717, 1.165) is 57.9 Å². The number of methoxy groups -OCH3 is 1. The van der Waals surface area contributed by atoms with Gasteiger partial charge in [-0.05, 0) is 105 Å². The molecule has 196 valence electrons. The molecule has 0 radical (unpaired) electrons. The van der Waals surface area contributed by atoms with Crippen LogP contribution in [-0.4, -0.2) is 58.2 Å². The van der Waals surface area contributed by atoms with Crippen LogP contribution in [0.1, 0.15) is 29.8 Å². The summed E-state index contributed by atoms with van der Waals surface area (Å²) in [4.78, 5) is 41.1. The number of aryl methyl sites for hydroxylation is 1. The van der Waals surface area contributed by atoms with E-state index in [9.17, 15) is 14.4 Å². The highest BCUT2D eigenvalue weighted by Gasteiger charge is 2.37. The van der Waals surface area contributed by atoms with E-state index in [0.29, 0.717) is 29.5 Å². The molecule has 0 aliphatic carbocycles. The Bertz CT molecular complexity index is 1400. The summed E-state index contributed by atoms with van der Waals surface area (Å²) in [7, 11) is 1.62. The van der Waals surface area contributed by atoms with Gasteiger partial charge in [-0.15, -0.1) is 0 Å². The van der Waals surface area contributed by atoms with Crippen molar-refractivity contribution in [2.45, 2.75) is 26.7 Å². The Morgan fingerprint density at radius 3 is 2.18 bits per heavy atom. The maximum atomic E-state index is 13.0. The molecule has 5 rings (SSSR count). The zero-order chi connectivity index (χ0) is 26.8. The lowest BCUT2D eigenvalue weighted by Gasteiger charge is -2.18. The summed E-state index contributed by atoms with van der Waals surface area (Å²) in [5.74, 6) is 1.59. The number of amides is 3. The number of benzene rings is 2. The number of aromatic nitrogens is 1. The van der Waals surface area contributed by atoms with Crippen LogP contribution in [0.4, 0.5) is 4.79 Å². The summed E-state index contributed by atoms with van der Waals surface area (Å²) in [5, 5.41) is -0.407. The zero-order valence-corrected chi connectivity index (χ0v) is 22.4. The average molecular weight is 532 g/mol. The minimum Gasteiger partial charge on any atom is -0.497 e. The Morgan fingerprint density at radius 1 is 0.947 bits per heavy atom. The van der Waals surface area contributed by atoms with Gasteiger partial charge >= 0.3 is 0 Å². The first-order chi connectivity index (χ1) is 18.3. The van der Waals surface area contributed by atoms with Crippen LogP contribution in [0, 0.1) is 13.8 Å². The second-order valence-corrected chi connectivity index (χ2v) is 10.3. The van der Waals surface area contributed by atoms with Crippen LogP contribution in [-0.2, 0) is 9.59 Å². The summed E-state index contributed by atoms with van der Waals surface area (Å²) >= 11 is 0.880. The van der Waals surface area contributed by atoms with Gasteiger partial charge in [0, 0.05) is 30.2 Å². The standard InChI is InChI=1S/C29H29N3O5S/c1-19-16-21(17-26-28(34)31(29(35)38-26)18-27(33)30-14-4-5-15-30)20(2)32(19)22-6-8-24(9-7-22)37-25-12-10-23(36-3)11-13-25/h6-13,16-17H,4-5,14-15,18H2,1-3H3/b26-17-. The smallest absolute Gasteiger partial charge is 0.294 e. The summed E-state index contributed by atoms with van der Waals surface area (Å²) in [6.45, 7) is 5.14. The van der Waals surface area contributed by atoms with Crippen molar-refractivity contribution < 1.29 is 23.9 Å². The minimum absolute atomic E-state index is 0.177. The molecule has 2 aliphatic heterocycles. The van der Waals surface area contributed by atoms with Crippen molar-refractivity contribution in [3.8, 4) is 22.9 Å². The number of ether oxygens (including phenoxy) is 2. The van der Waals surface area contributed by atoms with Crippen molar-refractivity contribution in [3.63, 3.8) is 0 Å². The second kappa shape index (κ2) is 10.8. The summed E-state index contributed by atoms with van der Waals surface area (Å²) in [6, 6.07) is 17.1. The topological polar surface area (TPSA) is 81.1 Å². The van der Waals surface area contributed by atoms with Crippen molar-refractivity contribution in [3.05, 3.63) is 76.5 Å². The lowest BCUT2D eigenvalue weighted by atomic mass is 10.2. The van der Waals surface area contributed by atoms with Gasteiger partial charge in [-0.2, -0.15) is 0 Å². The van der Waals surface area contributed by atoms with Crippen LogP contribution in [0.25, 0.3) is 11.8 Å². The third-order valence-corrected chi connectivity index (χ3v) is 7.68. The number of likely N-dealkylation sites (tertiary alicyclic amines) is 1. The predicted molar refractivity (Wildman–Crippen MR) is 147 cm³/mol. The number of hydrogen-bond acceptors (Lipinski definition) is 6. The molecule has 3 heterocycles. The fourth-order valence-corrected chi connectivity index (χ4v) is 5.58. The molecule has 38 heavy (non-hydrogen) atoms. The lowest BCUT2D eigenvalue weighted by molar-refractivity contribution is -0.135. The molecule has 0 N–H and O–H groups in total. The van der Waals surface area contributed by atoms with E-state index in [1.54, 1.807) is 18.1 Å². The Hall–Kier alpha value is -3.98. The van der Waals surface area contributed by atoms with Crippen molar-refractivity contribution in [2.75, 3.05) is 26.7 Å². The van der Waals surface area contributed by atoms with Gasteiger partial charge < -0.3 is 18.9 Å². The van der Waals surface area contributed by atoms with Gasteiger partial charge in [-0.1, -0.05) is 0 Å². The van der Waals surface area contributed by atoms with Crippen molar-refractivity contribution >= 4 is 34.9 Å². The van der Waals surface area contributed by atoms with Crippen molar-refractivity contribution in [1.82, 2.24) is 14.4 Å². The van der Waals surface area contributed by atoms with Gasteiger partial charge in [0.1, 0.15) is 23.8 Å². The van der Waals surface area contributed by atoms with Gasteiger partial charge in [0.25, 0.3) is 11.1 Å². The summed E-state index contributed by atoms with van der Waals surface area (Å²) in [6.07, 6.45) is 3.66. The van der Waals surface area contributed by atoms with Crippen LogP contribution >= 0.6 is 11.8 Å². The summed E-state index contributed by atoms with van der Waals surface area (Å²) in [5.41, 5.74) is 3.72. The molecule has 3 amide bonds.